The number of pyridine rings is 1. The van der Waals surface area contributed by atoms with Crippen LogP contribution in [0.25, 0.3) is 22.4 Å². The number of aromatic amines is 2. The molecule has 1 saturated heterocycles. The predicted molar refractivity (Wildman–Crippen MR) is 111 cm³/mol. The van der Waals surface area contributed by atoms with Crippen LogP contribution < -0.4 is 5.56 Å². The maximum absolute atomic E-state index is 12.9. The molecule has 0 aliphatic carbocycles. The third-order valence-electron chi connectivity index (χ3n) is 5.70. The monoisotopic (exact) mass is 387 g/mol. The Labute approximate surface area is 167 Å². The lowest BCUT2D eigenvalue weighted by Crippen LogP contribution is -2.40. The molecule has 2 N–H and O–H groups in total. The maximum Gasteiger partial charge on any atom is 0.261 e. The van der Waals surface area contributed by atoms with Gasteiger partial charge in [-0.25, -0.2) is 0 Å². The van der Waals surface area contributed by atoms with Crippen LogP contribution in [0.5, 0.6) is 0 Å². The lowest BCUT2D eigenvalue weighted by atomic mass is 9.93. The van der Waals surface area contributed by atoms with E-state index in [0.717, 1.165) is 18.4 Å². The van der Waals surface area contributed by atoms with Crippen LogP contribution in [-0.2, 0) is 0 Å². The van der Waals surface area contributed by atoms with E-state index in [9.17, 15) is 9.59 Å². The Hall–Kier alpha value is -3.54. The first-order chi connectivity index (χ1) is 14.2. The third kappa shape index (κ3) is 3.27. The quantitative estimate of drug-likeness (QED) is 0.554. The normalized spacial score (nSPS) is 15.1. The zero-order valence-corrected chi connectivity index (χ0v) is 15.9. The van der Waals surface area contributed by atoms with E-state index in [0.29, 0.717) is 30.5 Å². The second kappa shape index (κ2) is 7.13. The smallest absolute Gasteiger partial charge is 0.261 e. The van der Waals surface area contributed by atoms with Gasteiger partial charge in [0.1, 0.15) is 11.3 Å². The summed E-state index contributed by atoms with van der Waals surface area (Å²) in [7, 11) is 0. The van der Waals surface area contributed by atoms with Gasteiger partial charge in [0.05, 0.1) is 12.0 Å². The Balaban J connectivity index is 1.29. The SMILES string of the molecule is O=C(c1ccc(-c2ccco2)[nH]c1=O)N1CCC(c2cc3ccccc3[nH]2)CC1. The number of likely N-dealkylation sites (tertiary alicyclic amines) is 1. The number of nitrogens with one attached hydrogen (secondary N) is 2. The number of piperidine rings is 1. The third-order valence-corrected chi connectivity index (χ3v) is 5.70. The van der Waals surface area contributed by atoms with Crippen molar-refractivity contribution >= 4 is 16.8 Å². The van der Waals surface area contributed by atoms with Crippen molar-refractivity contribution < 1.29 is 9.21 Å². The molecule has 3 aromatic heterocycles. The van der Waals surface area contributed by atoms with E-state index in [1.165, 1.54) is 11.1 Å². The molecule has 1 aliphatic rings. The van der Waals surface area contributed by atoms with Crippen LogP contribution in [0.15, 0.2) is 70.1 Å². The first kappa shape index (κ1) is 17.6. The highest BCUT2D eigenvalue weighted by molar-refractivity contribution is 5.94. The fourth-order valence-corrected chi connectivity index (χ4v) is 4.10. The number of H-pyrrole nitrogens is 2. The van der Waals surface area contributed by atoms with Crippen molar-refractivity contribution in [2.45, 2.75) is 18.8 Å². The number of amides is 1. The second-order valence-corrected chi connectivity index (χ2v) is 7.47. The molecule has 6 heteroatoms. The molecule has 4 heterocycles. The van der Waals surface area contributed by atoms with Crippen molar-refractivity contribution in [3.05, 3.63) is 82.5 Å². The van der Waals surface area contributed by atoms with Crippen LogP contribution in [0.3, 0.4) is 0 Å². The zero-order chi connectivity index (χ0) is 19.8. The van der Waals surface area contributed by atoms with E-state index >= 15 is 0 Å². The van der Waals surface area contributed by atoms with Gasteiger partial charge < -0.3 is 19.3 Å². The fraction of sp³-hybridized carbons (Fsp3) is 0.217. The van der Waals surface area contributed by atoms with Crippen molar-refractivity contribution in [3.8, 4) is 11.5 Å². The minimum Gasteiger partial charge on any atom is -0.463 e. The Bertz CT molecular complexity index is 1180. The largest absolute Gasteiger partial charge is 0.463 e. The van der Waals surface area contributed by atoms with Crippen molar-refractivity contribution in [2.75, 3.05) is 13.1 Å². The zero-order valence-electron chi connectivity index (χ0n) is 15.9. The highest BCUT2D eigenvalue weighted by atomic mass is 16.3. The molecular weight excluding hydrogens is 366 g/mol. The van der Waals surface area contributed by atoms with Gasteiger partial charge in [-0.2, -0.15) is 0 Å². The molecule has 29 heavy (non-hydrogen) atoms. The van der Waals surface area contributed by atoms with E-state index < -0.39 is 0 Å². The maximum atomic E-state index is 12.9. The lowest BCUT2D eigenvalue weighted by molar-refractivity contribution is 0.0710. The molecule has 0 atom stereocenters. The number of nitrogens with zero attached hydrogens (tertiary/aromatic N) is 1. The van der Waals surface area contributed by atoms with Crippen LogP contribution >= 0.6 is 0 Å². The minimum absolute atomic E-state index is 0.171. The van der Waals surface area contributed by atoms with Crippen molar-refractivity contribution in [1.82, 2.24) is 14.9 Å². The molecule has 4 aromatic rings. The molecule has 6 nitrogen and oxygen atoms in total. The average molecular weight is 387 g/mol. The van der Waals surface area contributed by atoms with Crippen molar-refractivity contribution in [3.63, 3.8) is 0 Å². The molecule has 1 aromatic carbocycles. The molecular formula is C23H21N3O3. The molecule has 0 spiro atoms. The lowest BCUT2D eigenvalue weighted by Gasteiger charge is -2.31. The summed E-state index contributed by atoms with van der Waals surface area (Å²) in [4.78, 5) is 33.4. The molecule has 0 saturated carbocycles. The Morgan fingerprint density at radius 2 is 1.83 bits per heavy atom. The number of rotatable bonds is 3. The summed E-state index contributed by atoms with van der Waals surface area (Å²) in [6, 6.07) is 17.3. The van der Waals surface area contributed by atoms with Gasteiger partial charge in [0, 0.05) is 30.2 Å². The number of benzene rings is 1. The van der Waals surface area contributed by atoms with Gasteiger partial charge in [0.15, 0.2) is 0 Å². The van der Waals surface area contributed by atoms with E-state index in [1.807, 2.05) is 12.1 Å². The van der Waals surface area contributed by atoms with Crippen LogP contribution in [0.4, 0.5) is 0 Å². The second-order valence-electron chi connectivity index (χ2n) is 7.47. The highest BCUT2D eigenvalue weighted by Gasteiger charge is 2.27. The summed E-state index contributed by atoms with van der Waals surface area (Å²) in [5.41, 5.74) is 2.71. The number of hydrogen-bond donors (Lipinski definition) is 2. The molecule has 146 valence electrons. The Kier molecular flexibility index (Phi) is 4.31. The standard InChI is InChI=1S/C23H21N3O3/c27-22-17(7-8-19(25-22)21-6-3-13-29-21)23(28)26-11-9-15(10-12-26)20-14-16-4-1-2-5-18(16)24-20/h1-8,13-15,24H,9-12H2,(H,25,27). The van der Waals surface area contributed by atoms with Crippen LogP contribution in [0.1, 0.15) is 34.8 Å². The van der Waals surface area contributed by atoms with Gasteiger partial charge in [-0.1, -0.05) is 18.2 Å². The number of carbonyl (C=O) groups excluding carboxylic acids is 1. The van der Waals surface area contributed by atoms with Crippen molar-refractivity contribution in [1.29, 1.82) is 0 Å². The fourth-order valence-electron chi connectivity index (χ4n) is 4.10. The van der Waals surface area contributed by atoms with E-state index in [4.69, 9.17) is 4.42 Å². The molecule has 0 unspecified atom stereocenters. The van der Waals surface area contributed by atoms with Gasteiger partial charge in [0.25, 0.3) is 11.5 Å². The average Bonchev–Trinajstić information content (AvgIpc) is 3.43. The van der Waals surface area contributed by atoms with Crippen LogP contribution in [0.2, 0.25) is 0 Å². The van der Waals surface area contributed by atoms with Gasteiger partial charge >= 0.3 is 0 Å². The van der Waals surface area contributed by atoms with Crippen molar-refractivity contribution in [2.24, 2.45) is 0 Å². The van der Waals surface area contributed by atoms with E-state index in [2.05, 4.69) is 28.2 Å². The predicted octanol–water partition coefficient (Wildman–Crippen LogP) is 4.14. The van der Waals surface area contributed by atoms with E-state index in [-0.39, 0.29) is 17.0 Å². The molecule has 1 amide bonds. The van der Waals surface area contributed by atoms with E-state index in [1.54, 1.807) is 35.4 Å². The van der Waals surface area contributed by atoms with Crippen LogP contribution in [-0.4, -0.2) is 33.9 Å². The van der Waals surface area contributed by atoms with Gasteiger partial charge in [-0.3, -0.25) is 9.59 Å². The molecule has 0 bridgehead atoms. The summed E-state index contributed by atoms with van der Waals surface area (Å²) >= 11 is 0. The summed E-state index contributed by atoms with van der Waals surface area (Å²) in [5.74, 6) is 0.749. The van der Waals surface area contributed by atoms with Gasteiger partial charge in [-0.05, 0) is 54.6 Å². The number of carbonyl (C=O) groups is 1. The Morgan fingerprint density at radius 3 is 2.55 bits per heavy atom. The van der Waals surface area contributed by atoms with Gasteiger partial charge in [-0.15, -0.1) is 0 Å². The Morgan fingerprint density at radius 1 is 1.00 bits per heavy atom. The number of hydrogen-bond acceptors (Lipinski definition) is 3. The molecule has 1 aliphatic heterocycles. The van der Waals surface area contributed by atoms with Gasteiger partial charge in [0.2, 0.25) is 0 Å². The molecule has 5 rings (SSSR count). The summed E-state index contributed by atoms with van der Waals surface area (Å²) in [5, 5.41) is 1.21. The number of furan rings is 1. The number of fused-ring (bicyclic) bond motifs is 1. The first-order valence-corrected chi connectivity index (χ1v) is 9.83. The summed E-state index contributed by atoms with van der Waals surface area (Å²) in [6.45, 7) is 1.27. The molecule has 1 fully saturated rings. The minimum atomic E-state index is -0.387. The number of para-hydroxylation sites is 1. The number of aromatic nitrogens is 2. The molecule has 0 radical (unpaired) electrons. The summed E-state index contributed by atoms with van der Waals surface area (Å²) in [6.07, 6.45) is 3.30. The highest BCUT2D eigenvalue weighted by Crippen LogP contribution is 2.30. The van der Waals surface area contributed by atoms with Crippen LogP contribution in [0, 0.1) is 0 Å². The summed E-state index contributed by atoms with van der Waals surface area (Å²) < 4.78 is 5.30. The first-order valence-electron chi connectivity index (χ1n) is 9.83. The topological polar surface area (TPSA) is 82.1 Å².